The average Bonchev–Trinajstić information content (AvgIpc) is 3.37. The highest BCUT2D eigenvalue weighted by molar-refractivity contribution is 5.78. The molecular weight excluding hydrogens is 462 g/mol. The van der Waals surface area contributed by atoms with Gasteiger partial charge in [0.1, 0.15) is 5.69 Å². The van der Waals surface area contributed by atoms with Gasteiger partial charge in [0.15, 0.2) is 23.1 Å². The van der Waals surface area contributed by atoms with Gasteiger partial charge in [-0.05, 0) is 50.5 Å². The van der Waals surface area contributed by atoms with Crippen LogP contribution >= 0.6 is 0 Å². The first kappa shape index (κ1) is 25.5. The van der Waals surface area contributed by atoms with E-state index in [-0.39, 0.29) is 24.6 Å². The topological polar surface area (TPSA) is 109 Å². The Kier molecular flexibility index (Phi) is 7.81. The van der Waals surface area contributed by atoms with Crippen molar-refractivity contribution in [3.8, 4) is 34.1 Å². The monoisotopic (exact) mass is 495 g/mol. The number of carbonyl (C=O) groups excluding carboxylic acids is 1. The zero-order chi connectivity index (χ0) is 25.8. The van der Waals surface area contributed by atoms with Crippen LogP contribution < -0.4 is 9.47 Å². The molecule has 0 unspecified atom stereocenters. The molecule has 9 heteroatoms. The zero-order valence-corrected chi connectivity index (χ0v) is 21.1. The molecule has 0 saturated carbocycles. The molecule has 4 rings (SSSR count). The number of piperidine rings is 1. The van der Waals surface area contributed by atoms with Crippen molar-refractivity contribution in [2.45, 2.75) is 45.3 Å². The lowest BCUT2D eigenvalue weighted by molar-refractivity contribution is -0.0815. The number of aliphatic hydroxyl groups is 1. The molecule has 2 N–H and O–H groups in total. The van der Waals surface area contributed by atoms with Crippen molar-refractivity contribution in [3.05, 3.63) is 53.9 Å². The Morgan fingerprint density at radius 1 is 1.08 bits per heavy atom. The molecule has 9 nitrogen and oxygen atoms in total. The van der Waals surface area contributed by atoms with Crippen molar-refractivity contribution in [3.63, 3.8) is 0 Å². The molecule has 0 spiro atoms. The second-order valence-electron chi connectivity index (χ2n) is 9.14. The summed E-state index contributed by atoms with van der Waals surface area (Å²) in [5.41, 5.74) is 3.17. The summed E-state index contributed by atoms with van der Waals surface area (Å²) in [6.45, 7) is 4.50. The van der Waals surface area contributed by atoms with E-state index >= 15 is 0 Å². The number of ether oxygens (including phenoxy) is 2. The highest BCUT2D eigenvalue weighted by Crippen LogP contribution is 2.40. The average molecular weight is 496 g/mol. The van der Waals surface area contributed by atoms with E-state index < -0.39 is 0 Å². The summed E-state index contributed by atoms with van der Waals surface area (Å²) in [4.78, 5) is 19.1. The van der Waals surface area contributed by atoms with E-state index in [2.05, 4.69) is 0 Å². The minimum atomic E-state index is -0.383. The van der Waals surface area contributed by atoms with Crippen LogP contribution in [0.5, 0.6) is 11.5 Å². The summed E-state index contributed by atoms with van der Waals surface area (Å²) < 4.78 is 17.3. The van der Waals surface area contributed by atoms with Crippen molar-refractivity contribution in [1.82, 2.24) is 14.9 Å². The Bertz CT molecular complexity index is 1180. The smallest absolute Gasteiger partial charge is 0.343 e. The molecule has 3 aromatic rings. The van der Waals surface area contributed by atoms with Crippen molar-refractivity contribution in [1.29, 1.82) is 0 Å². The lowest BCUT2D eigenvalue weighted by atomic mass is 9.97. The van der Waals surface area contributed by atoms with Crippen LogP contribution in [0.15, 0.2) is 46.9 Å². The number of amides is 2. The number of aromatic nitrogens is 1. The summed E-state index contributed by atoms with van der Waals surface area (Å²) in [7, 11) is 3.18. The van der Waals surface area contributed by atoms with Gasteiger partial charge in [-0.3, -0.25) is 5.21 Å². The maximum absolute atomic E-state index is 12.5. The number of urea groups is 1. The van der Waals surface area contributed by atoms with E-state index in [1.165, 1.54) is 0 Å². The van der Waals surface area contributed by atoms with Crippen LogP contribution in [0.3, 0.4) is 0 Å². The fourth-order valence-electron chi connectivity index (χ4n) is 4.33. The fourth-order valence-corrected chi connectivity index (χ4v) is 4.33. The van der Waals surface area contributed by atoms with Gasteiger partial charge in [-0.25, -0.2) is 14.8 Å². The van der Waals surface area contributed by atoms with Crippen LogP contribution in [0.25, 0.3) is 22.6 Å². The van der Waals surface area contributed by atoms with Gasteiger partial charge in [0.25, 0.3) is 0 Å². The van der Waals surface area contributed by atoms with Gasteiger partial charge in [0, 0.05) is 30.1 Å². The van der Waals surface area contributed by atoms with Gasteiger partial charge in [0.2, 0.25) is 0 Å². The zero-order valence-electron chi connectivity index (χ0n) is 21.1. The van der Waals surface area contributed by atoms with Crippen molar-refractivity contribution in [2.75, 3.05) is 27.3 Å². The number of likely N-dealkylation sites (tertiary alicyclic amines) is 1. The van der Waals surface area contributed by atoms with E-state index in [1.807, 2.05) is 42.5 Å². The number of hydrogen-bond donors (Lipinski definition) is 2. The first-order valence-electron chi connectivity index (χ1n) is 12.1. The first-order chi connectivity index (χ1) is 17.4. The van der Waals surface area contributed by atoms with E-state index in [4.69, 9.17) is 18.9 Å². The third-order valence-electron chi connectivity index (χ3n) is 6.50. The molecule has 1 aliphatic rings. The molecule has 0 radical (unpaired) electrons. The van der Waals surface area contributed by atoms with Crippen LogP contribution in [0.2, 0.25) is 0 Å². The molecule has 1 fully saturated rings. The number of nitrogens with zero attached hydrogens (tertiary/aromatic N) is 3. The molecule has 36 heavy (non-hydrogen) atoms. The predicted octanol–water partition coefficient (Wildman–Crippen LogP) is 4.92. The maximum atomic E-state index is 12.5. The molecule has 0 bridgehead atoms. The number of methoxy groups -OCH3 is 2. The van der Waals surface area contributed by atoms with Gasteiger partial charge in [-0.15, -0.1) is 0 Å². The van der Waals surface area contributed by atoms with Gasteiger partial charge in [0.05, 0.1) is 26.9 Å². The van der Waals surface area contributed by atoms with Crippen molar-refractivity contribution >= 4 is 6.03 Å². The third kappa shape index (κ3) is 5.17. The molecule has 1 aromatic heterocycles. The van der Waals surface area contributed by atoms with Crippen molar-refractivity contribution in [2.24, 2.45) is 0 Å². The number of oxazole rings is 1. The van der Waals surface area contributed by atoms with Crippen LogP contribution in [0.4, 0.5) is 4.79 Å². The SMILES string of the molecule is COc1ccc(-c2oc(C3CCN(C(=O)N(O)C(C)C)CC3)nc2-c2ccc(CO)cc2)cc1OC. The number of hydroxylamine groups is 2. The maximum Gasteiger partial charge on any atom is 0.343 e. The van der Waals surface area contributed by atoms with Crippen LogP contribution in [-0.2, 0) is 6.61 Å². The standard InChI is InChI=1S/C27H33N3O6/c1-17(2)30(33)27(32)29-13-11-20(12-14-29)26-28-24(19-7-5-18(16-31)6-8-19)25(36-26)21-9-10-22(34-3)23(15-21)35-4/h5-10,15,17,20,31,33H,11-14,16H2,1-4H3. The minimum absolute atomic E-state index is 0.0320. The summed E-state index contributed by atoms with van der Waals surface area (Å²) in [6.07, 6.45) is 1.35. The lowest BCUT2D eigenvalue weighted by Crippen LogP contribution is -2.47. The highest BCUT2D eigenvalue weighted by atomic mass is 16.5. The van der Waals surface area contributed by atoms with E-state index in [0.29, 0.717) is 54.8 Å². The third-order valence-corrected chi connectivity index (χ3v) is 6.50. The van der Waals surface area contributed by atoms with E-state index in [0.717, 1.165) is 21.8 Å². The Morgan fingerprint density at radius 3 is 2.31 bits per heavy atom. The van der Waals surface area contributed by atoms with Gasteiger partial charge >= 0.3 is 6.03 Å². The summed E-state index contributed by atoms with van der Waals surface area (Å²) in [5.74, 6) is 2.45. The molecule has 0 aliphatic carbocycles. The molecule has 2 amide bonds. The second kappa shape index (κ2) is 11.0. The Hall–Kier alpha value is -3.56. The molecular formula is C27H33N3O6. The highest BCUT2D eigenvalue weighted by Gasteiger charge is 2.31. The summed E-state index contributed by atoms with van der Waals surface area (Å²) >= 11 is 0. The normalized spacial score (nSPS) is 14.2. The van der Waals surface area contributed by atoms with Crippen molar-refractivity contribution < 1.29 is 29.0 Å². The fraction of sp³-hybridized carbons (Fsp3) is 0.407. The largest absolute Gasteiger partial charge is 0.493 e. The number of hydrogen-bond acceptors (Lipinski definition) is 7. The molecule has 2 heterocycles. The molecule has 2 aromatic carbocycles. The Morgan fingerprint density at radius 2 is 1.72 bits per heavy atom. The summed E-state index contributed by atoms with van der Waals surface area (Å²) in [6, 6.07) is 12.5. The molecule has 1 saturated heterocycles. The van der Waals surface area contributed by atoms with Gasteiger partial charge < -0.3 is 23.9 Å². The van der Waals surface area contributed by atoms with Gasteiger partial charge in [-0.2, -0.15) is 0 Å². The summed E-state index contributed by atoms with van der Waals surface area (Å²) in [5, 5.41) is 20.2. The van der Waals surface area contributed by atoms with Crippen LogP contribution in [0.1, 0.15) is 44.1 Å². The van der Waals surface area contributed by atoms with E-state index in [9.17, 15) is 15.1 Å². The number of benzene rings is 2. The Labute approximate surface area is 210 Å². The quantitative estimate of drug-likeness (QED) is 0.354. The molecule has 1 aliphatic heterocycles. The van der Waals surface area contributed by atoms with Gasteiger partial charge in [-0.1, -0.05) is 24.3 Å². The second-order valence-corrected chi connectivity index (χ2v) is 9.14. The predicted molar refractivity (Wildman–Crippen MR) is 134 cm³/mol. The Balaban J connectivity index is 1.65. The number of aliphatic hydroxyl groups excluding tert-OH is 1. The minimum Gasteiger partial charge on any atom is -0.493 e. The molecule has 192 valence electrons. The van der Waals surface area contributed by atoms with Crippen LogP contribution in [-0.4, -0.2) is 64.6 Å². The lowest BCUT2D eigenvalue weighted by Gasteiger charge is -2.33. The number of carbonyl (C=O) groups is 1. The van der Waals surface area contributed by atoms with Crippen LogP contribution in [0, 0.1) is 0 Å². The van der Waals surface area contributed by atoms with E-state index in [1.54, 1.807) is 33.0 Å². The number of rotatable bonds is 7. The molecule has 0 atom stereocenters. The first-order valence-corrected chi connectivity index (χ1v) is 12.1.